The SMILES string of the molecule is CC(CC(=O)NCc1nc(-c2ccc(Cl)cc2)no1)S(=O)(=O)c1ccc(F)cc1. The molecule has 1 heterocycles. The van der Waals surface area contributed by atoms with Crippen LogP contribution in [0.4, 0.5) is 4.39 Å². The van der Waals surface area contributed by atoms with Crippen LogP contribution < -0.4 is 5.32 Å². The quantitative estimate of drug-likeness (QED) is 0.568. The number of aromatic nitrogens is 2. The molecule has 0 fully saturated rings. The van der Waals surface area contributed by atoms with Crippen LogP contribution in [0.3, 0.4) is 0 Å². The lowest BCUT2D eigenvalue weighted by Crippen LogP contribution is -2.29. The number of nitrogens with zero attached hydrogens (tertiary/aromatic N) is 2. The number of carbonyl (C=O) groups excluding carboxylic acids is 1. The van der Waals surface area contributed by atoms with Gasteiger partial charge in [0.25, 0.3) is 0 Å². The van der Waals surface area contributed by atoms with Crippen molar-refractivity contribution in [2.45, 2.75) is 30.0 Å². The first-order valence-electron chi connectivity index (χ1n) is 8.60. The Morgan fingerprint density at radius 3 is 2.48 bits per heavy atom. The molecule has 1 atom stereocenters. The molecule has 0 aliphatic heterocycles. The second-order valence-corrected chi connectivity index (χ2v) is 9.11. The van der Waals surface area contributed by atoms with Gasteiger partial charge in [-0.1, -0.05) is 16.8 Å². The van der Waals surface area contributed by atoms with Crippen molar-refractivity contribution >= 4 is 27.3 Å². The zero-order valence-electron chi connectivity index (χ0n) is 15.3. The summed E-state index contributed by atoms with van der Waals surface area (Å²) in [7, 11) is -3.76. The molecular weight excluding hydrogens is 421 g/mol. The maximum atomic E-state index is 13.0. The molecule has 1 amide bonds. The molecule has 3 rings (SSSR count). The van der Waals surface area contributed by atoms with Gasteiger partial charge in [-0.2, -0.15) is 4.98 Å². The fourth-order valence-corrected chi connectivity index (χ4v) is 3.99. The third-order valence-corrected chi connectivity index (χ3v) is 6.56. The topological polar surface area (TPSA) is 102 Å². The summed E-state index contributed by atoms with van der Waals surface area (Å²) in [6, 6.07) is 11.3. The van der Waals surface area contributed by atoms with Gasteiger partial charge in [-0.3, -0.25) is 4.79 Å². The minimum atomic E-state index is -3.76. The number of carbonyl (C=O) groups is 1. The van der Waals surface area contributed by atoms with Crippen LogP contribution in [0.25, 0.3) is 11.4 Å². The summed E-state index contributed by atoms with van der Waals surface area (Å²) in [5.41, 5.74) is 0.703. The van der Waals surface area contributed by atoms with Gasteiger partial charge in [-0.25, -0.2) is 12.8 Å². The van der Waals surface area contributed by atoms with E-state index in [-0.39, 0.29) is 23.8 Å². The van der Waals surface area contributed by atoms with E-state index in [1.54, 1.807) is 24.3 Å². The molecule has 0 saturated carbocycles. The second kappa shape index (κ2) is 8.71. The molecule has 1 N–H and O–H groups in total. The highest BCUT2D eigenvalue weighted by atomic mass is 35.5. The summed E-state index contributed by atoms with van der Waals surface area (Å²) in [5, 5.41) is 5.98. The van der Waals surface area contributed by atoms with E-state index in [0.29, 0.717) is 16.4 Å². The van der Waals surface area contributed by atoms with Crippen LogP contribution in [-0.2, 0) is 21.2 Å². The van der Waals surface area contributed by atoms with Crippen molar-refractivity contribution in [2.75, 3.05) is 0 Å². The first-order chi connectivity index (χ1) is 13.8. The standard InChI is InChI=1S/C19H17ClFN3O4S/c1-12(29(26,27)16-8-6-15(21)7-9-16)10-17(25)22-11-18-23-19(24-28-18)13-2-4-14(20)5-3-13/h2-9,12H,10-11H2,1H3,(H,22,25). The van der Waals surface area contributed by atoms with Gasteiger partial charge >= 0.3 is 0 Å². The number of benzene rings is 2. The van der Waals surface area contributed by atoms with Crippen LogP contribution >= 0.6 is 11.6 Å². The van der Waals surface area contributed by atoms with Gasteiger partial charge in [-0.05, 0) is 55.5 Å². The van der Waals surface area contributed by atoms with E-state index < -0.39 is 26.8 Å². The van der Waals surface area contributed by atoms with Crippen molar-refractivity contribution in [3.63, 3.8) is 0 Å². The summed E-state index contributed by atoms with van der Waals surface area (Å²) in [6.07, 6.45) is -0.266. The fourth-order valence-electron chi connectivity index (χ4n) is 2.52. The van der Waals surface area contributed by atoms with Crippen LogP contribution in [0.2, 0.25) is 5.02 Å². The van der Waals surface area contributed by atoms with Gasteiger partial charge in [0, 0.05) is 17.0 Å². The van der Waals surface area contributed by atoms with Crippen molar-refractivity contribution in [1.29, 1.82) is 0 Å². The van der Waals surface area contributed by atoms with Crippen molar-refractivity contribution in [3.05, 3.63) is 65.3 Å². The summed E-state index contributed by atoms with van der Waals surface area (Å²) < 4.78 is 43.0. The van der Waals surface area contributed by atoms with E-state index in [2.05, 4.69) is 15.5 Å². The maximum Gasteiger partial charge on any atom is 0.246 e. The van der Waals surface area contributed by atoms with Gasteiger partial charge in [0.05, 0.1) is 16.7 Å². The summed E-state index contributed by atoms with van der Waals surface area (Å²) in [6.45, 7) is 1.38. The lowest BCUT2D eigenvalue weighted by atomic mass is 10.2. The first-order valence-corrected chi connectivity index (χ1v) is 10.5. The lowest BCUT2D eigenvalue weighted by molar-refractivity contribution is -0.121. The van der Waals surface area contributed by atoms with Crippen molar-refractivity contribution in [1.82, 2.24) is 15.5 Å². The Kier molecular flexibility index (Phi) is 6.29. The highest BCUT2D eigenvalue weighted by Gasteiger charge is 2.25. The molecule has 0 saturated heterocycles. The zero-order chi connectivity index (χ0) is 21.0. The molecule has 0 aliphatic carbocycles. The molecule has 7 nitrogen and oxygen atoms in total. The summed E-state index contributed by atoms with van der Waals surface area (Å²) >= 11 is 5.84. The molecule has 0 aliphatic rings. The fraction of sp³-hybridized carbons (Fsp3) is 0.211. The van der Waals surface area contributed by atoms with Gasteiger partial charge in [-0.15, -0.1) is 0 Å². The molecule has 29 heavy (non-hydrogen) atoms. The van der Waals surface area contributed by atoms with E-state index in [1.165, 1.54) is 19.1 Å². The summed E-state index contributed by atoms with van der Waals surface area (Å²) in [5.74, 6) is -0.503. The first kappa shape index (κ1) is 20.9. The molecule has 3 aromatic rings. The number of rotatable bonds is 7. The Bertz CT molecular complexity index is 1100. The van der Waals surface area contributed by atoms with Crippen molar-refractivity contribution < 1.29 is 22.1 Å². The van der Waals surface area contributed by atoms with Gasteiger partial charge < -0.3 is 9.84 Å². The van der Waals surface area contributed by atoms with Gasteiger partial charge in [0.2, 0.25) is 17.6 Å². The Balaban J connectivity index is 1.57. The highest BCUT2D eigenvalue weighted by Crippen LogP contribution is 2.20. The zero-order valence-corrected chi connectivity index (χ0v) is 16.9. The summed E-state index contributed by atoms with van der Waals surface area (Å²) in [4.78, 5) is 16.3. The van der Waals surface area contributed by atoms with Gasteiger partial charge in [0.15, 0.2) is 9.84 Å². The second-order valence-electron chi connectivity index (χ2n) is 6.31. The predicted octanol–water partition coefficient (Wildman–Crippen LogP) is 3.40. The number of amides is 1. The van der Waals surface area contributed by atoms with E-state index >= 15 is 0 Å². The monoisotopic (exact) mass is 437 g/mol. The molecule has 0 radical (unpaired) electrons. The van der Waals surface area contributed by atoms with Gasteiger partial charge in [0.1, 0.15) is 5.82 Å². The number of nitrogens with one attached hydrogen (secondary N) is 1. The van der Waals surface area contributed by atoms with Crippen LogP contribution in [0.5, 0.6) is 0 Å². The number of halogens is 2. The number of hydrogen-bond acceptors (Lipinski definition) is 6. The molecule has 2 aromatic carbocycles. The molecule has 0 bridgehead atoms. The van der Waals surface area contributed by atoms with Crippen LogP contribution in [0.15, 0.2) is 57.9 Å². The van der Waals surface area contributed by atoms with Crippen molar-refractivity contribution in [2.24, 2.45) is 0 Å². The predicted molar refractivity (Wildman–Crippen MR) is 104 cm³/mol. The maximum absolute atomic E-state index is 13.0. The minimum absolute atomic E-state index is 0.0382. The Morgan fingerprint density at radius 1 is 1.17 bits per heavy atom. The van der Waals surface area contributed by atoms with E-state index in [0.717, 1.165) is 12.1 Å². The van der Waals surface area contributed by atoms with Crippen LogP contribution in [0.1, 0.15) is 19.2 Å². The largest absolute Gasteiger partial charge is 0.347 e. The Morgan fingerprint density at radius 2 is 1.83 bits per heavy atom. The Labute approximate surface area is 171 Å². The normalized spacial score (nSPS) is 12.5. The number of hydrogen-bond donors (Lipinski definition) is 1. The van der Waals surface area contributed by atoms with Crippen molar-refractivity contribution in [3.8, 4) is 11.4 Å². The lowest BCUT2D eigenvalue weighted by Gasteiger charge is -2.12. The third-order valence-electron chi connectivity index (χ3n) is 4.15. The molecular formula is C19H17ClFN3O4S. The van der Waals surface area contributed by atoms with Crippen LogP contribution in [0, 0.1) is 5.82 Å². The molecule has 152 valence electrons. The van der Waals surface area contributed by atoms with E-state index in [1.807, 2.05) is 0 Å². The minimum Gasteiger partial charge on any atom is -0.347 e. The Hall–Kier alpha value is -2.78. The number of sulfone groups is 1. The molecule has 1 aromatic heterocycles. The average molecular weight is 438 g/mol. The molecule has 0 spiro atoms. The molecule has 10 heteroatoms. The third kappa shape index (κ3) is 5.18. The van der Waals surface area contributed by atoms with E-state index in [9.17, 15) is 17.6 Å². The van der Waals surface area contributed by atoms with E-state index in [4.69, 9.17) is 16.1 Å². The smallest absolute Gasteiger partial charge is 0.246 e. The average Bonchev–Trinajstić information content (AvgIpc) is 3.16. The van der Waals surface area contributed by atoms with Crippen LogP contribution in [-0.4, -0.2) is 29.7 Å². The molecule has 1 unspecified atom stereocenters. The highest BCUT2D eigenvalue weighted by molar-refractivity contribution is 7.92.